The monoisotopic (exact) mass is 275 g/mol. The molecular weight excluding hydrogens is 242 g/mol. The van der Waals surface area contributed by atoms with Gasteiger partial charge in [0.05, 0.1) is 0 Å². The Bertz CT molecular complexity index is 351. The van der Waals surface area contributed by atoms with E-state index in [1.54, 1.807) is 0 Å². The first-order valence-corrected chi connectivity index (χ1v) is 8.35. The molecule has 0 aromatic heterocycles. The van der Waals surface area contributed by atoms with Crippen molar-refractivity contribution in [2.24, 2.45) is 11.8 Å². The summed E-state index contributed by atoms with van der Waals surface area (Å²) in [6, 6.07) is 9.79. The molecule has 0 bridgehead atoms. The summed E-state index contributed by atoms with van der Waals surface area (Å²) in [5.41, 5.74) is 2.91. The van der Waals surface area contributed by atoms with E-state index >= 15 is 0 Å². The van der Waals surface area contributed by atoms with Gasteiger partial charge in [-0.1, -0.05) is 58.9 Å². The van der Waals surface area contributed by atoms with Crippen LogP contribution in [0.4, 0.5) is 0 Å². The van der Waals surface area contributed by atoms with E-state index in [0.717, 1.165) is 18.4 Å². The predicted molar refractivity (Wildman–Crippen MR) is 90.1 cm³/mol. The minimum atomic E-state index is 0.519. The minimum Gasteiger partial charge on any atom is -0.310 e. The quantitative estimate of drug-likeness (QED) is 0.639. The van der Waals surface area contributed by atoms with Gasteiger partial charge in [0.25, 0.3) is 0 Å². The van der Waals surface area contributed by atoms with Crippen LogP contribution in [0, 0.1) is 11.8 Å². The second-order valence-electron chi connectivity index (χ2n) is 6.82. The Morgan fingerprint density at radius 2 is 1.55 bits per heavy atom. The number of hydrogen-bond acceptors (Lipinski definition) is 1. The van der Waals surface area contributed by atoms with Crippen molar-refractivity contribution in [3.63, 3.8) is 0 Å². The van der Waals surface area contributed by atoms with Crippen LogP contribution < -0.4 is 5.32 Å². The SMILES string of the molecule is CCCNC(CCC(C)C)c1ccc(CC(C)C)cc1. The fourth-order valence-electron chi connectivity index (χ4n) is 2.56. The Balaban J connectivity index is 2.68. The molecule has 0 saturated heterocycles. The molecular formula is C19H33N. The molecule has 0 amide bonds. The van der Waals surface area contributed by atoms with Gasteiger partial charge in [-0.25, -0.2) is 0 Å². The highest BCUT2D eigenvalue weighted by molar-refractivity contribution is 5.25. The molecule has 1 aromatic rings. The number of benzene rings is 1. The van der Waals surface area contributed by atoms with Crippen LogP contribution in [0.2, 0.25) is 0 Å². The Hall–Kier alpha value is -0.820. The third-order valence-corrected chi connectivity index (χ3v) is 3.70. The predicted octanol–water partition coefficient (Wildman–Crippen LogP) is 5.36. The maximum absolute atomic E-state index is 3.70. The topological polar surface area (TPSA) is 12.0 Å². The van der Waals surface area contributed by atoms with E-state index in [2.05, 4.69) is 64.2 Å². The summed E-state index contributed by atoms with van der Waals surface area (Å²) in [4.78, 5) is 0. The molecule has 0 spiro atoms. The molecule has 1 rings (SSSR count). The fourth-order valence-corrected chi connectivity index (χ4v) is 2.56. The van der Waals surface area contributed by atoms with E-state index in [9.17, 15) is 0 Å². The summed E-state index contributed by atoms with van der Waals surface area (Å²) in [5.74, 6) is 1.51. The molecule has 0 aliphatic heterocycles. The van der Waals surface area contributed by atoms with Crippen molar-refractivity contribution >= 4 is 0 Å². The van der Waals surface area contributed by atoms with E-state index in [1.165, 1.54) is 36.8 Å². The lowest BCUT2D eigenvalue weighted by Crippen LogP contribution is -2.22. The molecule has 1 nitrogen and oxygen atoms in total. The summed E-state index contributed by atoms with van der Waals surface area (Å²) in [6.45, 7) is 12.5. The lowest BCUT2D eigenvalue weighted by Gasteiger charge is -2.20. The number of rotatable bonds is 9. The van der Waals surface area contributed by atoms with Gasteiger partial charge in [-0.3, -0.25) is 0 Å². The van der Waals surface area contributed by atoms with Crippen molar-refractivity contribution in [1.29, 1.82) is 0 Å². The van der Waals surface area contributed by atoms with E-state index in [0.29, 0.717) is 6.04 Å². The van der Waals surface area contributed by atoms with Crippen molar-refractivity contribution in [2.45, 2.75) is 66.3 Å². The normalized spacial score (nSPS) is 13.2. The summed E-state index contributed by atoms with van der Waals surface area (Å²) in [5, 5.41) is 3.70. The van der Waals surface area contributed by atoms with Crippen LogP contribution in [0.15, 0.2) is 24.3 Å². The van der Waals surface area contributed by atoms with Crippen molar-refractivity contribution in [1.82, 2.24) is 5.32 Å². The Morgan fingerprint density at radius 3 is 2.05 bits per heavy atom. The minimum absolute atomic E-state index is 0.519. The number of nitrogens with one attached hydrogen (secondary N) is 1. The van der Waals surface area contributed by atoms with Gasteiger partial charge in [0.15, 0.2) is 0 Å². The van der Waals surface area contributed by atoms with Crippen molar-refractivity contribution in [2.75, 3.05) is 6.54 Å². The van der Waals surface area contributed by atoms with Crippen LogP contribution in [-0.4, -0.2) is 6.54 Å². The fraction of sp³-hybridized carbons (Fsp3) is 0.684. The highest BCUT2D eigenvalue weighted by Gasteiger charge is 2.11. The molecule has 0 aliphatic carbocycles. The lowest BCUT2D eigenvalue weighted by molar-refractivity contribution is 0.440. The Kier molecular flexibility index (Phi) is 7.91. The second kappa shape index (κ2) is 9.18. The van der Waals surface area contributed by atoms with Gasteiger partial charge >= 0.3 is 0 Å². The van der Waals surface area contributed by atoms with E-state index in [4.69, 9.17) is 0 Å². The molecule has 0 heterocycles. The zero-order valence-electron chi connectivity index (χ0n) is 14.1. The van der Waals surface area contributed by atoms with Crippen LogP contribution >= 0.6 is 0 Å². The van der Waals surface area contributed by atoms with Crippen molar-refractivity contribution in [3.8, 4) is 0 Å². The molecule has 0 saturated carbocycles. The van der Waals surface area contributed by atoms with Crippen LogP contribution in [0.25, 0.3) is 0 Å². The standard InChI is InChI=1S/C19H33N/c1-6-13-20-19(12-7-15(2)3)18-10-8-17(9-11-18)14-16(4)5/h8-11,15-16,19-20H,6-7,12-14H2,1-5H3. The zero-order chi connectivity index (χ0) is 15.0. The van der Waals surface area contributed by atoms with E-state index in [1.807, 2.05) is 0 Å². The molecule has 1 unspecified atom stereocenters. The van der Waals surface area contributed by atoms with Gasteiger partial charge in [0, 0.05) is 6.04 Å². The summed E-state index contributed by atoms with van der Waals surface area (Å²) in [6.07, 6.45) is 4.90. The second-order valence-corrected chi connectivity index (χ2v) is 6.82. The average Bonchev–Trinajstić information content (AvgIpc) is 2.39. The molecule has 1 aromatic carbocycles. The highest BCUT2D eigenvalue weighted by atomic mass is 14.9. The Labute approximate surface area is 126 Å². The van der Waals surface area contributed by atoms with Gasteiger partial charge in [-0.15, -0.1) is 0 Å². The van der Waals surface area contributed by atoms with Crippen LogP contribution in [0.5, 0.6) is 0 Å². The third kappa shape index (κ3) is 6.56. The average molecular weight is 275 g/mol. The molecule has 0 fully saturated rings. The molecule has 1 heteroatoms. The molecule has 0 aliphatic rings. The maximum Gasteiger partial charge on any atom is 0.0320 e. The number of hydrogen-bond donors (Lipinski definition) is 1. The summed E-state index contributed by atoms with van der Waals surface area (Å²) in [7, 11) is 0. The summed E-state index contributed by atoms with van der Waals surface area (Å²) < 4.78 is 0. The lowest BCUT2D eigenvalue weighted by atomic mass is 9.95. The van der Waals surface area contributed by atoms with Gasteiger partial charge in [0.2, 0.25) is 0 Å². The van der Waals surface area contributed by atoms with Crippen LogP contribution in [0.1, 0.15) is 71.0 Å². The zero-order valence-corrected chi connectivity index (χ0v) is 14.1. The molecule has 0 radical (unpaired) electrons. The van der Waals surface area contributed by atoms with Gasteiger partial charge in [-0.05, 0) is 55.2 Å². The van der Waals surface area contributed by atoms with E-state index < -0.39 is 0 Å². The molecule has 1 N–H and O–H groups in total. The van der Waals surface area contributed by atoms with Gasteiger partial charge in [-0.2, -0.15) is 0 Å². The Morgan fingerprint density at radius 1 is 0.900 bits per heavy atom. The van der Waals surface area contributed by atoms with Crippen molar-refractivity contribution < 1.29 is 0 Å². The van der Waals surface area contributed by atoms with E-state index in [-0.39, 0.29) is 0 Å². The van der Waals surface area contributed by atoms with Gasteiger partial charge in [0.1, 0.15) is 0 Å². The largest absolute Gasteiger partial charge is 0.310 e. The van der Waals surface area contributed by atoms with Crippen LogP contribution in [-0.2, 0) is 6.42 Å². The smallest absolute Gasteiger partial charge is 0.0320 e. The molecule has 114 valence electrons. The highest BCUT2D eigenvalue weighted by Crippen LogP contribution is 2.22. The first kappa shape index (κ1) is 17.2. The first-order chi connectivity index (χ1) is 9.52. The maximum atomic E-state index is 3.70. The molecule has 20 heavy (non-hydrogen) atoms. The van der Waals surface area contributed by atoms with Crippen molar-refractivity contribution in [3.05, 3.63) is 35.4 Å². The third-order valence-electron chi connectivity index (χ3n) is 3.70. The first-order valence-electron chi connectivity index (χ1n) is 8.35. The summed E-state index contributed by atoms with van der Waals surface area (Å²) >= 11 is 0. The molecule has 1 atom stereocenters. The van der Waals surface area contributed by atoms with Gasteiger partial charge < -0.3 is 5.32 Å². The van der Waals surface area contributed by atoms with Crippen LogP contribution in [0.3, 0.4) is 0 Å².